The van der Waals surface area contributed by atoms with E-state index in [1.807, 2.05) is 0 Å². The van der Waals surface area contributed by atoms with E-state index in [1.54, 1.807) is 29.2 Å². The summed E-state index contributed by atoms with van der Waals surface area (Å²) in [5.41, 5.74) is -0.364. The van der Waals surface area contributed by atoms with E-state index in [9.17, 15) is 21.6 Å². The maximum atomic E-state index is 14.8. The van der Waals surface area contributed by atoms with E-state index >= 15 is 0 Å². The third-order valence-electron chi connectivity index (χ3n) is 4.83. The summed E-state index contributed by atoms with van der Waals surface area (Å²) in [5.74, 6) is -5.58. The number of nitrogens with zero attached hydrogens (tertiary/aromatic N) is 4. The topological polar surface area (TPSA) is 97.3 Å². The minimum atomic E-state index is -4.23. The Morgan fingerprint density at radius 2 is 1.85 bits per heavy atom. The average Bonchev–Trinajstić information content (AvgIpc) is 3.37. The molecule has 0 bridgehead atoms. The highest BCUT2D eigenvalue weighted by Crippen LogP contribution is 2.36. The molecule has 13 heteroatoms. The van der Waals surface area contributed by atoms with E-state index in [2.05, 4.69) is 15.0 Å². The highest BCUT2D eigenvalue weighted by atomic mass is 32.2. The number of anilines is 1. The van der Waals surface area contributed by atoms with Crippen molar-refractivity contribution in [3.8, 4) is 22.9 Å². The fraction of sp³-hybridized carbons (Fsp3) is 0.250. The second-order valence-corrected chi connectivity index (χ2v) is 9.40. The quantitative estimate of drug-likeness (QED) is 0.297. The molecule has 0 saturated carbocycles. The Bertz CT molecular complexity index is 1290. The van der Waals surface area contributed by atoms with Crippen LogP contribution in [0.2, 0.25) is 0 Å². The summed E-state index contributed by atoms with van der Waals surface area (Å²) in [6.07, 6.45) is 5.93. The van der Waals surface area contributed by atoms with Crippen molar-refractivity contribution >= 4 is 27.7 Å². The second kappa shape index (κ2) is 9.53. The van der Waals surface area contributed by atoms with E-state index in [1.165, 1.54) is 24.2 Å². The minimum absolute atomic E-state index is 0.147. The molecule has 0 unspecified atom stereocenters. The molecule has 0 radical (unpaired) electrons. The van der Waals surface area contributed by atoms with Crippen LogP contribution >= 0.6 is 11.8 Å². The molecule has 1 fully saturated rings. The number of nitrogens with one attached hydrogen (secondary N) is 1. The molecule has 3 aromatic rings. The number of rotatable bonds is 7. The summed E-state index contributed by atoms with van der Waals surface area (Å²) in [6.45, 7) is 0.429. The van der Waals surface area contributed by atoms with Crippen molar-refractivity contribution in [3.63, 3.8) is 0 Å². The van der Waals surface area contributed by atoms with Crippen LogP contribution in [0.25, 0.3) is 11.3 Å². The lowest BCUT2D eigenvalue weighted by Gasteiger charge is -2.18. The van der Waals surface area contributed by atoms with Gasteiger partial charge in [0.05, 0.1) is 11.3 Å². The van der Waals surface area contributed by atoms with Gasteiger partial charge in [-0.25, -0.2) is 23.7 Å². The van der Waals surface area contributed by atoms with Crippen molar-refractivity contribution in [3.05, 3.63) is 54.1 Å². The van der Waals surface area contributed by atoms with Gasteiger partial charge in [0.25, 0.3) is 0 Å². The summed E-state index contributed by atoms with van der Waals surface area (Å²) >= 11 is 1.31. The van der Waals surface area contributed by atoms with Gasteiger partial charge < -0.3 is 4.74 Å². The van der Waals surface area contributed by atoms with E-state index in [-0.39, 0.29) is 19.0 Å². The van der Waals surface area contributed by atoms with Crippen LogP contribution in [0.1, 0.15) is 12.8 Å². The van der Waals surface area contributed by atoms with Gasteiger partial charge in [-0.05, 0) is 37.3 Å². The molecule has 1 aliphatic heterocycles. The lowest BCUT2D eigenvalue weighted by molar-refractivity contribution is 0.401. The number of thioether (sulfide) groups is 1. The number of pyridine rings is 1. The SMILES string of the molecule is CSc1nccc(-c2cccnc2Oc2cc(F)c(NS(=O)(=O)N3CCCC3)c(F)c2F)n1. The minimum Gasteiger partial charge on any atom is -0.435 e. The van der Waals surface area contributed by atoms with Gasteiger partial charge in [-0.1, -0.05) is 11.8 Å². The van der Waals surface area contributed by atoms with Crippen LogP contribution in [0.4, 0.5) is 18.9 Å². The zero-order valence-electron chi connectivity index (χ0n) is 17.3. The first-order valence-corrected chi connectivity index (χ1v) is 12.4. The lowest BCUT2D eigenvalue weighted by atomic mass is 10.2. The first kappa shape index (κ1) is 23.3. The molecule has 33 heavy (non-hydrogen) atoms. The molecule has 0 amide bonds. The Morgan fingerprint density at radius 1 is 1.09 bits per heavy atom. The third-order valence-corrected chi connectivity index (χ3v) is 6.90. The second-order valence-electron chi connectivity index (χ2n) is 6.96. The van der Waals surface area contributed by atoms with Gasteiger partial charge in [-0.15, -0.1) is 0 Å². The van der Waals surface area contributed by atoms with Crippen molar-refractivity contribution in [2.75, 3.05) is 24.1 Å². The molecule has 1 saturated heterocycles. The van der Waals surface area contributed by atoms with Crippen molar-refractivity contribution in [2.45, 2.75) is 18.0 Å². The Hall–Kier alpha value is -2.90. The fourth-order valence-corrected chi connectivity index (χ4v) is 4.89. The highest BCUT2D eigenvalue weighted by Gasteiger charge is 2.30. The number of ether oxygens (including phenoxy) is 1. The maximum absolute atomic E-state index is 14.8. The van der Waals surface area contributed by atoms with Crippen LogP contribution < -0.4 is 9.46 Å². The molecular weight excluding hydrogens is 479 g/mol. The predicted octanol–water partition coefficient (Wildman–Crippen LogP) is 4.22. The van der Waals surface area contributed by atoms with E-state index < -0.39 is 39.1 Å². The molecule has 0 atom stereocenters. The molecule has 1 aromatic carbocycles. The molecule has 4 rings (SSSR count). The zero-order valence-corrected chi connectivity index (χ0v) is 18.9. The molecule has 8 nitrogen and oxygen atoms in total. The van der Waals surface area contributed by atoms with Crippen LogP contribution in [0.15, 0.2) is 41.8 Å². The Balaban J connectivity index is 1.67. The van der Waals surface area contributed by atoms with Gasteiger partial charge in [-0.3, -0.25) is 4.72 Å². The number of hydrogen-bond acceptors (Lipinski definition) is 7. The molecule has 1 aliphatic rings. The van der Waals surface area contributed by atoms with Crippen LogP contribution in [-0.2, 0) is 10.2 Å². The van der Waals surface area contributed by atoms with Gasteiger partial charge in [0.15, 0.2) is 22.5 Å². The maximum Gasteiger partial charge on any atom is 0.301 e. The Labute approximate surface area is 192 Å². The summed E-state index contributed by atoms with van der Waals surface area (Å²) in [5, 5.41) is 0.472. The summed E-state index contributed by atoms with van der Waals surface area (Å²) in [4.78, 5) is 12.4. The van der Waals surface area contributed by atoms with Crippen LogP contribution in [0, 0.1) is 17.5 Å². The van der Waals surface area contributed by atoms with E-state index in [0.717, 1.165) is 4.31 Å². The standard InChI is InChI=1S/C20H18F3N5O3S2/c1-32-20-25-8-6-14(26-20)12-5-4-7-24-19(12)31-15-11-13(21)18(17(23)16(15)22)27-33(29,30)28-9-2-3-10-28/h4-8,11,27H,2-3,9-10H2,1H3. The molecule has 1 N–H and O–H groups in total. The van der Waals surface area contributed by atoms with E-state index in [4.69, 9.17) is 4.74 Å². The van der Waals surface area contributed by atoms with Gasteiger partial charge in [0, 0.05) is 31.5 Å². The summed E-state index contributed by atoms with van der Waals surface area (Å²) in [7, 11) is -4.23. The number of hydrogen-bond donors (Lipinski definition) is 1. The van der Waals surface area contributed by atoms with Crippen molar-refractivity contribution in [2.24, 2.45) is 0 Å². The van der Waals surface area contributed by atoms with Gasteiger partial charge in [0.1, 0.15) is 5.69 Å². The van der Waals surface area contributed by atoms with Crippen LogP contribution in [0.3, 0.4) is 0 Å². The number of benzene rings is 1. The van der Waals surface area contributed by atoms with Crippen molar-refractivity contribution in [1.29, 1.82) is 0 Å². The van der Waals surface area contributed by atoms with Crippen molar-refractivity contribution in [1.82, 2.24) is 19.3 Å². The van der Waals surface area contributed by atoms with Crippen molar-refractivity contribution < 1.29 is 26.3 Å². The molecule has 2 aromatic heterocycles. The summed E-state index contributed by atoms with van der Waals surface area (Å²) < 4.78 is 77.0. The smallest absolute Gasteiger partial charge is 0.301 e. The number of aromatic nitrogens is 3. The number of halogens is 3. The fourth-order valence-electron chi connectivity index (χ4n) is 3.22. The average molecular weight is 498 g/mol. The van der Waals surface area contributed by atoms with Crippen LogP contribution in [0.5, 0.6) is 11.6 Å². The molecule has 0 aliphatic carbocycles. The van der Waals surface area contributed by atoms with Crippen LogP contribution in [-0.4, -0.2) is 47.0 Å². The first-order chi connectivity index (χ1) is 15.8. The Morgan fingerprint density at radius 3 is 2.58 bits per heavy atom. The molecule has 174 valence electrons. The summed E-state index contributed by atoms with van der Waals surface area (Å²) in [6, 6.07) is 5.33. The normalized spacial score (nSPS) is 14.4. The third kappa shape index (κ3) is 4.89. The monoisotopic (exact) mass is 497 g/mol. The molecule has 3 heterocycles. The lowest BCUT2D eigenvalue weighted by Crippen LogP contribution is -2.34. The largest absolute Gasteiger partial charge is 0.435 e. The first-order valence-electron chi connectivity index (χ1n) is 9.76. The Kier molecular flexibility index (Phi) is 6.72. The highest BCUT2D eigenvalue weighted by molar-refractivity contribution is 7.98. The van der Waals surface area contributed by atoms with E-state index in [0.29, 0.717) is 35.3 Å². The molecular formula is C20H18F3N5O3S2. The zero-order chi connectivity index (χ0) is 23.6. The van der Waals surface area contributed by atoms with Gasteiger partial charge >= 0.3 is 10.2 Å². The predicted molar refractivity (Wildman–Crippen MR) is 117 cm³/mol. The molecule has 0 spiro atoms. The van der Waals surface area contributed by atoms with Gasteiger partial charge in [0.2, 0.25) is 11.7 Å². The van der Waals surface area contributed by atoms with Gasteiger partial charge in [-0.2, -0.15) is 17.1 Å².